The highest BCUT2D eigenvalue weighted by Gasteiger charge is 2.33. The maximum atomic E-state index is 11.9. The molecule has 0 aromatic rings. The number of hydrogen-bond donors (Lipinski definition) is 0. The quantitative estimate of drug-likeness (QED) is 0.584. The first-order valence-electron chi connectivity index (χ1n) is 3.43. The molecule has 1 unspecified atom stereocenters. The van der Waals surface area contributed by atoms with Crippen LogP contribution < -0.4 is 0 Å². The van der Waals surface area contributed by atoms with Crippen LogP contribution in [-0.4, -0.2) is 6.43 Å². The van der Waals surface area contributed by atoms with Crippen LogP contribution >= 0.6 is 0 Å². The highest BCUT2D eigenvalue weighted by atomic mass is 19.3. The van der Waals surface area contributed by atoms with Gasteiger partial charge in [-0.05, 0) is 18.8 Å². The second-order valence-corrected chi connectivity index (χ2v) is 2.68. The number of rotatable bonds is 2. The average Bonchev–Trinajstić information content (AvgIpc) is 1.76. The molecule has 0 bridgehead atoms. The Morgan fingerprint density at radius 1 is 1.40 bits per heavy atom. The van der Waals surface area contributed by atoms with Crippen LogP contribution in [0.25, 0.3) is 0 Å². The van der Waals surface area contributed by atoms with Crippen LogP contribution in [0.2, 0.25) is 0 Å². The van der Waals surface area contributed by atoms with Gasteiger partial charge < -0.3 is 0 Å². The van der Waals surface area contributed by atoms with Gasteiger partial charge in [-0.15, -0.1) is 0 Å². The van der Waals surface area contributed by atoms with Gasteiger partial charge in [0, 0.05) is 0 Å². The van der Waals surface area contributed by atoms with E-state index in [-0.39, 0.29) is 5.92 Å². The van der Waals surface area contributed by atoms with Crippen molar-refractivity contribution in [2.75, 3.05) is 0 Å². The molecule has 0 amide bonds. The van der Waals surface area contributed by atoms with E-state index in [1.807, 2.05) is 0 Å². The van der Waals surface area contributed by atoms with Crippen LogP contribution in [0.3, 0.4) is 0 Å². The van der Waals surface area contributed by atoms with Crippen molar-refractivity contribution < 1.29 is 8.78 Å². The molecule has 0 spiro atoms. The molecule has 56 valence electrons. The Bertz CT molecular complexity index is 146. The molecule has 3 heteroatoms. The Balaban J connectivity index is 2.41. The lowest BCUT2D eigenvalue weighted by Crippen LogP contribution is -2.26. The predicted octanol–water partition coefficient (Wildman–Crippen LogP) is 2.19. The van der Waals surface area contributed by atoms with Crippen molar-refractivity contribution in [3.63, 3.8) is 0 Å². The van der Waals surface area contributed by atoms with Gasteiger partial charge in [0.25, 0.3) is 6.43 Å². The number of nitriles is 1. The van der Waals surface area contributed by atoms with Gasteiger partial charge in [0.05, 0.1) is 6.07 Å². The number of hydrogen-bond acceptors (Lipinski definition) is 1. The molecule has 10 heavy (non-hydrogen) atoms. The van der Waals surface area contributed by atoms with Gasteiger partial charge in [-0.3, -0.25) is 0 Å². The second-order valence-electron chi connectivity index (χ2n) is 2.68. The number of alkyl halides is 2. The van der Waals surface area contributed by atoms with E-state index in [1.165, 1.54) is 0 Å². The second kappa shape index (κ2) is 2.96. The summed E-state index contributed by atoms with van der Waals surface area (Å²) in [7, 11) is 0. The van der Waals surface area contributed by atoms with Crippen molar-refractivity contribution in [3.8, 4) is 6.07 Å². The summed E-state index contributed by atoms with van der Waals surface area (Å²) in [6, 6.07) is 1.65. The van der Waals surface area contributed by atoms with Gasteiger partial charge in [-0.2, -0.15) is 5.26 Å². The zero-order chi connectivity index (χ0) is 7.56. The number of nitrogens with zero attached hydrogens (tertiary/aromatic N) is 1. The van der Waals surface area contributed by atoms with E-state index in [0.29, 0.717) is 0 Å². The highest BCUT2D eigenvalue weighted by molar-refractivity contribution is 4.93. The van der Waals surface area contributed by atoms with Crippen molar-refractivity contribution in [2.24, 2.45) is 11.8 Å². The first-order chi connectivity index (χ1) is 4.75. The van der Waals surface area contributed by atoms with Crippen molar-refractivity contribution in [2.45, 2.75) is 25.7 Å². The van der Waals surface area contributed by atoms with Crippen LogP contribution in [0.1, 0.15) is 19.3 Å². The Kier molecular flexibility index (Phi) is 2.21. The topological polar surface area (TPSA) is 23.8 Å². The van der Waals surface area contributed by atoms with E-state index in [2.05, 4.69) is 0 Å². The minimum Gasteiger partial charge on any atom is -0.209 e. The minimum absolute atomic E-state index is 0.0231. The molecule has 0 N–H and O–H groups in total. The largest absolute Gasteiger partial charge is 0.254 e. The van der Waals surface area contributed by atoms with Crippen LogP contribution in [0.5, 0.6) is 0 Å². The lowest BCUT2D eigenvalue weighted by molar-refractivity contribution is 0.0489. The summed E-state index contributed by atoms with van der Waals surface area (Å²) in [5.74, 6) is -1.03. The summed E-state index contributed by atoms with van der Waals surface area (Å²) in [6.07, 6.45) is 0.177. The van der Waals surface area contributed by atoms with Gasteiger partial charge in [-0.25, -0.2) is 8.78 Å². The van der Waals surface area contributed by atoms with Gasteiger partial charge in [0.15, 0.2) is 0 Å². The Morgan fingerprint density at radius 3 is 2.10 bits per heavy atom. The molecule has 0 radical (unpaired) electrons. The van der Waals surface area contributed by atoms with Gasteiger partial charge >= 0.3 is 0 Å². The lowest BCUT2D eigenvalue weighted by Gasteiger charge is -2.28. The first kappa shape index (κ1) is 7.46. The molecule has 1 nitrogen and oxygen atoms in total. The van der Waals surface area contributed by atoms with E-state index in [9.17, 15) is 8.78 Å². The summed E-state index contributed by atoms with van der Waals surface area (Å²) >= 11 is 0. The summed E-state index contributed by atoms with van der Waals surface area (Å²) in [5.41, 5.74) is 0. The van der Waals surface area contributed by atoms with Crippen molar-refractivity contribution in [3.05, 3.63) is 0 Å². The normalized spacial score (nSPS) is 21.8. The SMILES string of the molecule is N#CC(C(F)F)C1CCC1. The molecule has 0 aromatic heterocycles. The molecular formula is C7H9F2N. The fourth-order valence-corrected chi connectivity index (χ4v) is 1.17. The Morgan fingerprint density at radius 2 is 2.00 bits per heavy atom. The van der Waals surface area contributed by atoms with E-state index < -0.39 is 12.3 Å². The molecular weight excluding hydrogens is 136 g/mol. The molecule has 1 saturated carbocycles. The maximum absolute atomic E-state index is 11.9. The van der Waals surface area contributed by atoms with Crippen molar-refractivity contribution in [1.82, 2.24) is 0 Å². The molecule has 0 aromatic carbocycles. The standard InChI is InChI=1S/C7H9F2N/c8-7(9)6(4-10)5-2-1-3-5/h5-7H,1-3H2. The third kappa shape index (κ3) is 1.26. The molecule has 1 rings (SSSR count). The third-order valence-corrected chi connectivity index (χ3v) is 2.08. The minimum atomic E-state index is -2.45. The summed E-state index contributed by atoms with van der Waals surface area (Å²) < 4.78 is 23.9. The maximum Gasteiger partial charge on any atom is 0.254 e. The van der Waals surface area contributed by atoms with Crippen LogP contribution in [-0.2, 0) is 0 Å². The summed E-state index contributed by atoms with van der Waals surface area (Å²) in [4.78, 5) is 0. The predicted molar refractivity (Wildman–Crippen MR) is 32.4 cm³/mol. The molecule has 1 aliphatic rings. The highest BCUT2D eigenvalue weighted by Crippen LogP contribution is 2.35. The van der Waals surface area contributed by atoms with Crippen LogP contribution in [0, 0.1) is 23.2 Å². The molecule has 1 atom stereocenters. The van der Waals surface area contributed by atoms with E-state index >= 15 is 0 Å². The zero-order valence-corrected chi connectivity index (χ0v) is 5.56. The first-order valence-corrected chi connectivity index (χ1v) is 3.43. The van der Waals surface area contributed by atoms with Crippen molar-refractivity contribution in [1.29, 1.82) is 5.26 Å². The number of halogens is 2. The molecule has 1 fully saturated rings. The fourth-order valence-electron chi connectivity index (χ4n) is 1.17. The third-order valence-electron chi connectivity index (χ3n) is 2.08. The van der Waals surface area contributed by atoms with Gasteiger partial charge in [0.2, 0.25) is 0 Å². The monoisotopic (exact) mass is 145 g/mol. The molecule has 0 heterocycles. The Labute approximate surface area is 58.6 Å². The van der Waals surface area contributed by atoms with E-state index in [1.54, 1.807) is 6.07 Å². The van der Waals surface area contributed by atoms with Gasteiger partial charge in [0.1, 0.15) is 5.92 Å². The van der Waals surface area contributed by atoms with E-state index in [4.69, 9.17) is 5.26 Å². The molecule has 0 saturated heterocycles. The van der Waals surface area contributed by atoms with Crippen LogP contribution in [0.4, 0.5) is 8.78 Å². The fraction of sp³-hybridized carbons (Fsp3) is 0.857. The van der Waals surface area contributed by atoms with Crippen LogP contribution in [0.15, 0.2) is 0 Å². The van der Waals surface area contributed by atoms with Gasteiger partial charge in [-0.1, -0.05) is 6.42 Å². The van der Waals surface area contributed by atoms with Crippen molar-refractivity contribution >= 4 is 0 Å². The molecule has 0 aliphatic heterocycles. The summed E-state index contributed by atoms with van der Waals surface area (Å²) in [6.45, 7) is 0. The summed E-state index contributed by atoms with van der Waals surface area (Å²) in [5, 5.41) is 8.30. The Hall–Kier alpha value is -0.650. The zero-order valence-electron chi connectivity index (χ0n) is 5.56. The average molecular weight is 145 g/mol. The molecule has 1 aliphatic carbocycles. The smallest absolute Gasteiger partial charge is 0.209 e. The lowest BCUT2D eigenvalue weighted by atomic mass is 9.77. The van der Waals surface area contributed by atoms with E-state index in [0.717, 1.165) is 19.3 Å².